The summed E-state index contributed by atoms with van der Waals surface area (Å²) in [5.74, 6) is 0.553. The maximum absolute atomic E-state index is 13.7. The van der Waals surface area contributed by atoms with Crippen molar-refractivity contribution in [1.82, 2.24) is 10.6 Å². The summed E-state index contributed by atoms with van der Waals surface area (Å²) in [6.07, 6.45) is 2.11. The van der Waals surface area contributed by atoms with Crippen LogP contribution in [0.15, 0.2) is 23.2 Å². The molecule has 1 aliphatic heterocycles. The fraction of sp³-hybridized carbons (Fsp3) is 0.588. The Morgan fingerprint density at radius 2 is 2.24 bits per heavy atom. The van der Waals surface area contributed by atoms with Gasteiger partial charge >= 0.3 is 0 Å². The second kappa shape index (κ2) is 12.3. The smallest absolute Gasteiger partial charge is 0.191 e. The van der Waals surface area contributed by atoms with Crippen LogP contribution in [-0.2, 0) is 16.0 Å². The van der Waals surface area contributed by atoms with Crippen LogP contribution >= 0.6 is 24.0 Å². The molecule has 8 heteroatoms. The summed E-state index contributed by atoms with van der Waals surface area (Å²) in [5.41, 5.74) is 0.820. The molecular weight excluding hydrogens is 440 g/mol. The van der Waals surface area contributed by atoms with Crippen molar-refractivity contribution in [3.63, 3.8) is 0 Å². The zero-order valence-electron chi connectivity index (χ0n) is 14.7. The lowest BCUT2D eigenvalue weighted by molar-refractivity contribution is 0.0420. The van der Waals surface area contributed by atoms with Crippen molar-refractivity contribution in [3.05, 3.63) is 29.6 Å². The number of nitrogens with one attached hydrogen (secondary N) is 2. The second-order valence-corrected chi connectivity index (χ2v) is 5.53. The summed E-state index contributed by atoms with van der Waals surface area (Å²) < 4.78 is 29.5. The van der Waals surface area contributed by atoms with E-state index in [0.717, 1.165) is 31.6 Å². The van der Waals surface area contributed by atoms with E-state index in [1.165, 1.54) is 13.2 Å². The Kier molecular flexibility index (Phi) is 10.7. The van der Waals surface area contributed by atoms with Gasteiger partial charge in [0.15, 0.2) is 17.5 Å². The van der Waals surface area contributed by atoms with Crippen LogP contribution in [0.25, 0.3) is 0 Å². The number of hydrogen-bond donors (Lipinski definition) is 2. The molecule has 0 bridgehead atoms. The largest absolute Gasteiger partial charge is 0.494 e. The van der Waals surface area contributed by atoms with Crippen LogP contribution in [0.5, 0.6) is 5.75 Å². The van der Waals surface area contributed by atoms with Gasteiger partial charge in [-0.15, -0.1) is 24.0 Å². The number of aliphatic imine (C=N–C) groups is 1. The highest BCUT2D eigenvalue weighted by Gasteiger charge is 2.15. The number of nitrogens with zero attached hydrogens (tertiary/aromatic N) is 1. The maximum Gasteiger partial charge on any atom is 0.191 e. The monoisotopic (exact) mass is 467 g/mol. The molecule has 2 N–H and O–H groups in total. The Morgan fingerprint density at radius 1 is 1.40 bits per heavy atom. The molecule has 1 atom stereocenters. The minimum atomic E-state index is -0.368. The highest BCUT2D eigenvalue weighted by Crippen LogP contribution is 2.17. The first kappa shape index (κ1) is 21.9. The molecule has 0 aromatic heterocycles. The molecule has 142 valence electrons. The van der Waals surface area contributed by atoms with Crippen molar-refractivity contribution in [3.8, 4) is 5.75 Å². The zero-order chi connectivity index (χ0) is 17.2. The first-order valence-corrected chi connectivity index (χ1v) is 8.19. The molecule has 0 saturated carbocycles. The van der Waals surface area contributed by atoms with E-state index >= 15 is 0 Å². The van der Waals surface area contributed by atoms with Gasteiger partial charge in [0, 0.05) is 33.4 Å². The highest BCUT2D eigenvalue weighted by atomic mass is 127. The van der Waals surface area contributed by atoms with Crippen molar-refractivity contribution < 1.29 is 18.6 Å². The predicted molar refractivity (Wildman–Crippen MR) is 106 cm³/mol. The summed E-state index contributed by atoms with van der Waals surface area (Å²) >= 11 is 0. The Labute approximate surface area is 165 Å². The molecular formula is C17H27FIN3O3. The van der Waals surface area contributed by atoms with E-state index in [1.54, 1.807) is 13.1 Å². The van der Waals surface area contributed by atoms with Gasteiger partial charge < -0.3 is 24.8 Å². The molecule has 0 radical (unpaired) electrons. The van der Waals surface area contributed by atoms with Gasteiger partial charge in [0.2, 0.25) is 0 Å². The fourth-order valence-corrected chi connectivity index (χ4v) is 2.40. The van der Waals surface area contributed by atoms with Crippen LogP contribution in [0, 0.1) is 5.82 Å². The van der Waals surface area contributed by atoms with E-state index in [2.05, 4.69) is 15.6 Å². The summed E-state index contributed by atoms with van der Waals surface area (Å²) in [7, 11) is 3.15. The van der Waals surface area contributed by atoms with Crippen LogP contribution in [0.4, 0.5) is 4.39 Å². The third kappa shape index (κ3) is 7.74. The zero-order valence-corrected chi connectivity index (χ0v) is 17.0. The third-order valence-corrected chi connectivity index (χ3v) is 3.75. The van der Waals surface area contributed by atoms with Crippen molar-refractivity contribution in [2.75, 3.05) is 40.5 Å². The van der Waals surface area contributed by atoms with Gasteiger partial charge in [-0.05, 0) is 30.5 Å². The third-order valence-electron chi connectivity index (χ3n) is 3.75. The van der Waals surface area contributed by atoms with Gasteiger partial charge in [-0.2, -0.15) is 0 Å². The highest BCUT2D eigenvalue weighted by molar-refractivity contribution is 14.0. The molecule has 1 aromatic rings. The number of hydrogen-bond acceptors (Lipinski definition) is 4. The molecule has 1 fully saturated rings. The molecule has 1 heterocycles. The molecule has 1 aromatic carbocycles. The van der Waals surface area contributed by atoms with Crippen molar-refractivity contribution in [1.29, 1.82) is 0 Å². The van der Waals surface area contributed by atoms with Crippen molar-refractivity contribution in [2.45, 2.75) is 25.5 Å². The first-order chi connectivity index (χ1) is 11.7. The van der Waals surface area contributed by atoms with Gasteiger partial charge in [0.1, 0.15) is 0 Å². The fourth-order valence-electron chi connectivity index (χ4n) is 2.40. The molecule has 6 nitrogen and oxygen atoms in total. The molecule has 25 heavy (non-hydrogen) atoms. The number of guanidine groups is 1. The molecule has 2 rings (SSSR count). The Balaban J connectivity index is 0.00000312. The Morgan fingerprint density at radius 3 is 2.88 bits per heavy atom. The number of halogens is 2. The molecule has 0 aliphatic carbocycles. The van der Waals surface area contributed by atoms with E-state index in [0.29, 0.717) is 25.7 Å². The van der Waals surface area contributed by atoms with Gasteiger partial charge in [0.05, 0.1) is 19.8 Å². The topological polar surface area (TPSA) is 64.1 Å². The van der Waals surface area contributed by atoms with E-state index in [9.17, 15) is 4.39 Å². The van der Waals surface area contributed by atoms with E-state index in [1.807, 2.05) is 6.07 Å². The van der Waals surface area contributed by atoms with Crippen LogP contribution in [0.3, 0.4) is 0 Å². The van der Waals surface area contributed by atoms with Crippen LogP contribution in [-0.4, -0.2) is 52.6 Å². The summed E-state index contributed by atoms with van der Waals surface area (Å²) in [4.78, 5) is 4.15. The lowest BCUT2D eigenvalue weighted by Crippen LogP contribution is -2.37. The summed E-state index contributed by atoms with van der Waals surface area (Å²) in [6.45, 7) is 3.43. The number of ether oxygens (including phenoxy) is 3. The lowest BCUT2D eigenvalue weighted by Gasteiger charge is -2.13. The van der Waals surface area contributed by atoms with Gasteiger partial charge in [-0.25, -0.2) is 4.39 Å². The minimum absolute atomic E-state index is 0. The molecule has 1 aliphatic rings. The first-order valence-electron chi connectivity index (χ1n) is 8.19. The maximum atomic E-state index is 13.7. The molecule has 0 amide bonds. The number of rotatable bonds is 8. The lowest BCUT2D eigenvalue weighted by atomic mass is 10.2. The SMILES string of the molecule is CN=C(NCCCOC1CCOC1)NCc1ccc(OC)c(F)c1.I. The second-order valence-electron chi connectivity index (χ2n) is 5.53. The molecule has 1 saturated heterocycles. The van der Waals surface area contributed by atoms with Crippen LogP contribution in [0.2, 0.25) is 0 Å². The van der Waals surface area contributed by atoms with Crippen LogP contribution < -0.4 is 15.4 Å². The predicted octanol–water partition coefficient (Wildman–Crippen LogP) is 2.31. The van der Waals surface area contributed by atoms with Gasteiger partial charge in [-0.3, -0.25) is 4.99 Å². The quantitative estimate of drug-likeness (QED) is 0.266. The minimum Gasteiger partial charge on any atom is -0.494 e. The van der Waals surface area contributed by atoms with Crippen molar-refractivity contribution >= 4 is 29.9 Å². The van der Waals surface area contributed by atoms with Crippen molar-refractivity contribution in [2.24, 2.45) is 4.99 Å². The van der Waals surface area contributed by atoms with Crippen LogP contribution in [0.1, 0.15) is 18.4 Å². The number of methoxy groups -OCH3 is 1. The Bertz CT molecular complexity index is 540. The van der Waals surface area contributed by atoms with E-state index in [-0.39, 0.29) is 41.6 Å². The summed E-state index contributed by atoms with van der Waals surface area (Å²) in [6, 6.07) is 4.89. The summed E-state index contributed by atoms with van der Waals surface area (Å²) in [5, 5.41) is 6.36. The van der Waals surface area contributed by atoms with E-state index < -0.39 is 0 Å². The normalized spacial score (nSPS) is 17.1. The molecule has 1 unspecified atom stereocenters. The van der Waals surface area contributed by atoms with Gasteiger partial charge in [-0.1, -0.05) is 6.07 Å². The molecule has 0 spiro atoms. The standard InChI is InChI=1S/C17H26FN3O3.HI/c1-19-17(20-7-3-8-24-14-6-9-23-12-14)21-11-13-4-5-16(22-2)15(18)10-13;/h4-5,10,14H,3,6-9,11-12H2,1-2H3,(H2,19,20,21);1H. The Hall–Kier alpha value is -1.13. The average Bonchev–Trinajstić information content (AvgIpc) is 3.11. The van der Waals surface area contributed by atoms with Gasteiger partial charge in [0.25, 0.3) is 0 Å². The number of benzene rings is 1. The average molecular weight is 467 g/mol. The van der Waals surface area contributed by atoms with E-state index in [4.69, 9.17) is 14.2 Å².